The van der Waals surface area contributed by atoms with E-state index in [0.717, 1.165) is 4.68 Å². The van der Waals surface area contributed by atoms with E-state index in [9.17, 15) is 14.0 Å². The third kappa shape index (κ3) is 5.11. The van der Waals surface area contributed by atoms with E-state index in [1.165, 1.54) is 30.5 Å². The summed E-state index contributed by atoms with van der Waals surface area (Å²) in [4.78, 5) is 27.9. The topological polar surface area (TPSA) is 85.7 Å². The zero-order chi connectivity index (χ0) is 24.9. The average Bonchev–Trinajstić information content (AvgIpc) is 2.92. The first-order valence-corrected chi connectivity index (χ1v) is 11.4. The normalized spacial score (nSPS) is 13.3. The number of anilines is 2. The molecule has 5 rings (SSSR count). The molecule has 1 fully saturated rings. The lowest BCUT2D eigenvalue weighted by Gasteiger charge is -2.26. The number of nitrogens with zero attached hydrogens (tertiary/aromatic N) is 3. The number of carbonyl (C=O) groups is 1. The van der Waals surface area contributed by atoms with E-state index < -0.39 is 11.4 Å². The Morgan fingerprint density at radius 3 is 2.33 bits per heavy atom. The van der Waals surface area contributed by atoms with Gasteiger partial charge in [0.15, 0.2) is 11.4 Å². The number of halogens is 1. The van der Waals surface area contributed by atoms with Gasteiger partial charge in [0, 0.05) is 24.3 Å². The molecule has 0 aliphatic carbocycles. The highest BCUT2D eigenvalue weighted by molar-refractivity contribution is 5.94. The Labute approximate surface area is 206 Å². The number of carbonyl (C=O) groups excluding carboxylic acids is 1. The van der Waals surface area contributed by atoms with Crippen LogP contribution in [-0.2, 0) is 4.74 Å². The number of hydrogen-bond donors (Lipinski definition) is 1. The maximum Gasteiger partial charge on any atom is 0.299 e. The largest absolute Gasteiger partial charge is 0.453 e. The lowest BCUT2D eigenvalue weighted by atomic mass is 10.1. The van der Waals surface area contributed by atoms with Gasteiger partial charge in [0.25, 0.3) is 11.5 Å². The van der Waals surface area contributed by atoms with Gasteiger partial charge in [-0.1, -0.05) is 18.2 Å². The lowest BCUT2D eigenvalue weighted by Crippen LogP contribution is -2.40. The summed E-state index contributed by atoms with van der Waals surface area (Å²) in [5, 5.41) is 7.33. The average molecular weight is 487 g/mol. The third-order valence-corrected chi connectivity index (χ3v) is 5.68. The second kappa shape index (κ2) is 10.4. The number of para-hydroxylation sites is 1. The summed E-state index contributed by atoms with van der Waals surface area (Å²) < 4.78 is 25.8. The summed E-state index contributed by atoms with van der Waals surface area (Å²) in [6.45, 7) is 2.16. The SMILES string of the molecule is O=C(c1ccc(Nc2c(Oc3ccccc3)cnn(-c3ccc(F)cc3)c2=O)cc1)N1CCOCC1. The van der Waals surface area contributed by atoms with Crippen molar-refractivity contribution >= 4 is 17.3 Å². The molecule has 1 N–H and O–H groups in total. The minimum Gasteiger partial charge on any atom is -0.453 e. The molecule has 1 aromatic heterocycles. The molecule has 1 saturated heterocycles. The van der Waals surface area contributed by atoms with Gasteiger partial charge in [-0.25, -0.2) is 4.39 Å². The van der Waals surface area contributed by atoms with Crippen molar-refractivity contribution in [1.29, 1.82) is 0 Å². The Kier molecular flexibility index (Phi) is 6.72. The minimum absolute atomic E-state index is 0.0690. The predicted molar refractivity (Wildman–Crippen MR) is 133 cm³/mol. The molecule has 4 aromatic rings. The van der Waals surface area contributed by atoms with Crippen molar-refractivity contribution in [2.75, 3.05) is 31.6 Å². The molecule has 8 nitrogen and oxygen atoms in total. The van der Waals surface area contributed by atoms with E-state index in [-0.39, 0.29) is 17.3 Å². The van der Waals surface area contributed by atoms with Gasteiger partial charge < -0.3 is 19.7 Å². The molecule has 0 atom stereocenters. The lowest BCUT2D eigenvalue weighted by molar-refractivity contribution is 0.0303. The molecule has 1 amide bonds. The number of ether oxygens (including phenoxy) is 2. The Morgan fingerprint density at radius 1 is 0.944 bits per heavy atom. The maximum atomic E-state index is 13.4. The molecule has 1 aliphatic rings. The summed E-state index contributed by atoms with van der Waals surface area (Å²) in [7, 11) is 0. The number of rotatable bonds is 6. The highest BCUT2D eigenvalue weighted by atomic mass is 19.1. The minimum atomic E-state index is -0.483. The van der Waals surface area contributed by atoms with E-state index in [2.05, 4.69) is 10.4 Å². The Balaban J connectivity index is 1.46. The summed E-state index contributed by atoms with van der Waals surface area (Å²) in [5.74, 6) is 0.271. The Bertz CT molecular complexity index is 1400. The van der Waals surface area contributed by atoms with Crippen LogP contribution in [0.1, 0.15) is 10.4 Å². The van der Waals surface area contributed by atoms with E-state index >= 15 is 0 Å². The Hall–Kier alpha value is -4.50. The summed E-state index contributed by atoms with van der Waals surface area (Å²) >= 11 is 0. The van der Waals surface area contributed by atoms with Crippen molar-refractivity contribution in [3.63, 3.8) is 0 Å². The van der Waals surface area contributed by atoms with Crippen molar-refractivity contribution in [2.45, 2.75) is 0 Å². The van der Waals surface area contributed by atoms with Crippen molar-refractivity contribution in [3.05, 3.63) is 107 Å². The first-order chi connectivity index (χ1) is 17.6. The number of aromatic nitrogens is 2. The molecule has 3 aromatic carbocycles. The fourth-order valence-corrected chi connectivity index (χ4v) is 3.80. The molecule has 36 heavy (non-hydrogen) atoms. The summed E-state index contributed by atoms with van der Waals surface area (Å²) in [6.07, 6.45) is 1.43. The van der Waals surface area contributed by atoms with Crippen molar-refractivity contribution in [3.8, 4) is 17.2 Å². The molecule has 182 valence electrons. The monoisotopic (exact) mass is 486 g/mol. The van der Waals surface area contributed by atoms with Crippen LogP contribution in [0.25, 0.3) is 5.69 Å². The number of amides is 1. The summed E-state index contributed by atoms with van der Waals surface area (Å²) in [5.41, 5.74) is 1.19. The van der Waals surface area contributed by atoms with Crippen LogP contribution in [0, 0.1) is 5.82 Å². The molecular formula is C27H23FN4O4. The van der Waals surface area contributed by atoms with E-state index in [0.29, 0.717) is 49.0 Å². The van der Waals surface area contributed by atoms with Crippen molar-refractivity contribution in [2.24, 2.45) is 0 Å². The summed E-state index contributed by atoms with van der Waals surface area (Å²) in [6, 6.07) is 21.3. The van der Waals surface area contributed by atoms with Crippen LogP contribution < -0.4 is 15.6 Å². The smallest absolute Gasteiger partial charge is 0.299 e. The highest BCUT2D eigenvalue weighted by Gasteiger charge is 2.19. The van der Waals surface area contributed by atoms with E-state index in [1.807, 2.05) is 18.2 Å². The molecule has 2 heterocycles. The Morgan fingerprint density at radius 2 is 1.64 bits per heavy atom. The maximum absolute atomic E-state index is 13.4. The molecule has 9 heteroatoms. The molecule has 0 radical (unpaired) electrons. The van der Waals surface area contributed by atoms with Crippen molar-refractivity contribution < 1.29 is 18.7 Å². The second-order valence-electron chi connectivity index (χ2n) is 8.10. The van der Waals surface area contributed by atoms with Crippen LogP contribution in [0.5, 0.6) is 11.5 Å². The second-order valence-corrected chi connectivity index (χ2v) is 8.10. The van der Waals surface area contributed by atoms with Crippen LogP contribution in [0.4, 0.5) is 15.8 Å². The number of morpholine rings is 1. The standard InChI is InChI=1S/C27H23FN4O4/c28-20-8-12-22(13-9-20)32-27(34)25(24(18-29-32)36-23-4-2-1-3-5-23)30-21-10-6-19(7-11-21)26(33)31-14-16-35-17-15-31/h1-13,18,30H,14-17H2. The van der Waals surface area contributed by atoms with Gasteiger partial charge in [-0.2, -0.15) is 9.78 Å². The highest BCUT2D eigenvalue weighted by Crippen LogP contribution is 2.29. The molecular weight excluding hydrogens is 463 g/mol. The molecule has 1 aliphatic heterocycles. The van der Waals surface area contributed by atoms with Crippen LogP contribution in [0.3, 0.4) is 0 Å². The molecule has 0 spiro atoms. The van der Waals surface area contributed by atoms with Crippen LogP contribution in [0.2, 0.25) is 0 Å². The zero-order valence-electron chi connectivity index (χ0n) is 19.3. The van der Waals surface area contributed by atoms with E-state index in [4.69, 9.17) is 9.47 Å². The van der Waals surface area contributed by atoms with Gasteiger partial charge in [-0.3, -0.25) is 9.59 Å². The van der Waals surface area contributed by atoms with Crippen LogP contribution >= 0.6 is 0 Å². The third-order valence-electron chi connectivity index (χ3n) is 5.68. The number of nitrogens with one attached hydrogen (secondary N) is 1. The quantitative estimate of drug-likeness (QED) is 0.435. The first kappa shape index (κ1) is 23.3. The number of hydrogen-bond acceptors (Lipinski definition) is 6. The molecule has 0 unspecified atom stereocenters. The fourth-order valence-electron chi connectivity index (χ4n) is 3.80. The van der Waals surface area contributed by atoms with Crippen LogP contribution in [0.15, 0.2) is 89.9 Å². The molecule has 0 saturated carbocycles. The van der Waals surface area contributed by atoms with Gasteiger partial charge >= 0.3 is 0 Å². The van der Waals surface area contributed by atoms with Gasteiger partial charge in [0.1, 0.15) is 11.6 Å². The van der Waals surface area contributed by atoms with Gasteiger partial charge in [-0.15, -0.1) is 0 Å². The van der Waals surface area contributed by atoms with Gasteiger partial charge in [0.05, 0.1) is 25.1 Å². The van der Waals surface area contributed by atoms with E-state index in [1.54, 1.807) is 41.3 Å². The number of benzene rings is 3. The fraction of sp³-hybridized carbons (Fsp3) is 0.148. The van der Waals surface area contributed by atoms with Crippen LogP contribution in [-0.4, -0.2) is 46.9 Å². The van der Waals surface area contributed by atoms with Gasteiger partial charge in [0.2, 0.25) is 0 Å². The predicted octanol–water partition coefficient (Wildman–Crippen LogP) is 4.38. The zero-order valence-corrected chi connectivity index (χ0v) is 19.3. The molecule has 0 bridgehead atoms. The van der Waals surface area contributed by atoms with Gasteiger partial charge in [-0.05, 0) is 60.7 Å². The van der Waals surface area contributed by atoms with Crippen molar-refractivity contribution in [1.82, 2.24) is 14.7 Å². The first-order valence-electron chi connectivity index (χ1n) is 11.4.